The molecule has 29 heavy (non-hydrogen) atoms. The highest BCUT2D eigenvalue weighted by Gasteiger charge is 2.31. The molecule has 0 amide bonds. The molecule has 0 saturated carbocycles. The molecular weight excluding hydrogens is 422 g/mol. The first kappa shape index (κ1) is 20.5. The van der Waals surface area contributed by atoms with E-state index in [1.165, 1.54) is 28.2 Å². The fourth-order valence-corrected chi connectivity index (χ4v) is 7.52. The molecule has 2 aromatic heterocycles. The van der Waals surface area contributed by atoms with Crippen molar-refractivity contribution in [1.29, 1.82) is 0 Å². The number of benzene rings is 1. The van der Waals surface area contributed by atoms with Gasteiger partial charge in [-0.25, -0.2) is 13.4 Å². The fraction of sp³-hybridized carbons (Fsp3) is 0.381. The molecule has 5 nitrogen and oxygen atoms in total. The number of piperazine rings is 1. The summed E-state index contributed by atoms with van der Waals surface area (Å²) in [4.78, 5) is 8.96. The molecule has 0 radical (unpaired) electrons. The van der Waals surface area contributed by atoms with Gasteiger partial charge < -0.3 is 4.90 Å². The van der Waals surface area contributed by atoms with E-state index in [0.717, 1.165) is 20.5 Å². The molecule has 3 aromatic rings. The largest absolute Gasteiger partial charge is 0.369 e. The standard InChI is InChI=1S/C21H25N3O2S3/c1-14-6-5-7-18(16(14)3)23-8-10-24(11-9-23)29(25,26)20-12-19(28-17(20)4)21-22-15(2)13-27-21/h5-7,12-13H,8-11H2,1-4H3. The minimum absolute atomic E-state index is 0.422. The number of hydrogen-bond acceptors (Lipinski definition) is 6. The Bertz CT molecular complexity index is 1140. The van der Waals surface area contributed by atoms with Crippen LogP contribution in [0.5, 0.6) is 0 Å². The van der Waals surface area contributed by atoms with Crippen molar-refractivity contribution in [3.8, 4) is 9.88 Å². The number of aryl methyl sites for hydroxylation is 3. The Kier molecular flexibility index (Phi) is 5.54. The highest BCUT2D eigenvalue weighted by atomic mass is 32.2. The highest BCUT2D eigenvalue weighted by Crippen LogP contribution is 2.36. The van der Waals surface area contributed by atoms with E-state index in [1.807, 2.05) is 19.2 Å². The van der Waals surface area contributed by atoms with Crippen LogP contribution in [0.25, 0.3) is 9.88 Å². The smallest absolute Gasteiger partial charge is 0.244 e. The molecule has 0 atom stereocenters. The zero-order chi connectivity index (χ0) is 20.8. The molecule has 0 aliphatic carbocycles. The third-order valence-electron chi connectivity index (χ3n) is 5.48. The van der Waals surface area contributed by atoms with Crippen molar-refractivity contribution in [2.24, 2.45) is 0 Å². The Morgan fingerprint density at radius 1 is 1.03 bits per heavy atom. The van der Waals surface area contributed by atoms with Crippen molar-refractivity contribution in [2.45, 2.75) is 32.6 Å². The molecule has 1 aliphatic rings. The van der Waals surface area contributed by atoms with E-state index in [9.17, 15) is 8.42 Å². The Morgan fingerprint density at radius 3 is 2.41 bits per heavy atom. The van der Waals surface area contributed by atoms with Gasteiger partial charge in [-0.2, -0.15) is 4.31 Å². The summed E-state index contributed by atoms with van der Waals surface area (Å²) < 4.78 is 28.3. The van der Waals surface area contributed by atoms with Gasteiger partial charge >= 0.3 is 0 Å². The molecular formula is C21H25N3O2S3. The molecule has 1 saturated heterocycles. The van der Waals surface area contributed by atoms with Crippen molar-refractivity contribution < 1.29 is 8.42 Å². The molecule has 0 unspecified atom stereocenters. The van der Waals surface area contributed by atoms with Crippen molar-refractivity contribution in [1.82, 2.24) is 9.29 Å². The van der Waals surface area contributed by atoms with Crippen LogP contribution in [-0.4, -0.2) is 43.9 Å². The summed E-state index contributed by atoms with van der Waals surface area (Å²) in [5.41, 5.74) is 4.69. The van der Waals surface area contributed by atoms with Crippen LogP contribution >= 0.6 is 22.7 Å². The second-order valence-corrected chi connectivity index (χ2v) is 11.5. The van der Waals surface area contributed by atoms with E-state index in [0.29, 0.717) is 31.1 Å². The van der Waals surface area contributed by atoms with Crippen LogP contribution in [0.15, 0.2) is 34.5 Å². The van der Waals surface area contributed by atoms with E-state index in [1.54, 1.807) is 21.7 Å². The molecule has 3 heterocycles. The Balaban J connectivity index is 1.54. The van der Waals surface area contributed by atoms with Crippen LogP contribution < -0.4 is 4.90 Å². The number of nitrogens with zero attached hydrogens (tertiary/aromatic N) is 3. The highest BCUT2D eigenvalue weighted by molar-refractivity contribution is 7.89. The molecule has 1 aliphatic heterocycles. The first-order valence-electron chi connectivity index (χ1n) is 9.61. The number of thiophene rings is 1. The summed E-state index contributed by atoms with van der Waals surface area (Å²) in [6.45, 7) is 10.5. The second kappa shape index (κ2) is 7.83. The normalized spacial score (nSPS) is 15.8. The molecule has 0 N–H and O–H groups in total. The summed E-state index contributed by atoms with van der Waals surface area (Å²) >= 11 is 3.06. The van der Waals surface area contributed by atoms with E-state index in [4.69, 9.17) is 0 Å². The van der Waals surface area contributed by atoms with Gasteiger partial charge in [-0.05, 0) is 51.0 Å². The van der Waals surface area contributed by atoms with Crippen molar-refractivity contribution in [2.75, 3.05) is 31.1 Å². The predicted octanol–water partition coefficient (Wildman–Crippen LogP) is 4.62. The minimum atomic E-state index is -3.50. The quantitative estimate of drug-likeness (QED) is 0.586. The van der Waals surface area contributed by atoms with Gasteiger partial charge in [0.1, 0.15) is 5.01 Å². The maximum Gasteiger partial charge on any atom is 0.244 e. The summed E-state index contributed by atoms with van der Waals surface area (Å²) in [6.07, 6.45) is 0. The number of hydrogen-bond donors (Lipinski definition) is 0. The van der Waals surface area contributed by atoms with Gasteiger partial charge in [0.25, 0.3) is 0 Å². The van der Waals surface area contributed by atoms with Gasteiger partial charge in [0, 0.05) is 47.8 Å². The fourth-order valence-electron chi connectivity index (χ4n) is 3.68. The Labute approximate surface area is 180 Å². The van der Waals surface area contributed by atoms with Crippen LogP contribution in [0.4, 0.5) is 5.69 Å². The lowest BCUT2D eigenvalue weighted by Gasteiger charge is -2.36. The number of aromatic nitrogens is 1. The number of sulfonamides is 1. The average Bonchev–Trinajstić information content (AvgIpc) is 3.30. The SMILES string of the molecule is Cc1csc(-c2cc(S(=O)(=O)N3CCN(c4cccc(C)c4C)CC3)c(C)s2)n1. The molecule has 0 spiro atoms. The van der Waals surface area contributed by atoms with Gasteiger partial charge in [0.05, 0.1) is 9.77 Å². The van der Waals surface area contributed by atoms with Crippen LogP contribution in [-0.2, 0) is 10.0 Å². The first-order chi connectivity index (χ1) is 13.8. The molecule has 8 heteroatoms. The lowest BCUT2D eigenvalue weighted by atomic mass is 10.1. The van der Waals surface area contributed by atoms with Gasteiger partial charge in [-0.3, -0.25) is 0 Å². The van der Waals surface area contributed by atoms with Gasteiger partial charge in [0.15, 0.2) is 0 Å². The number of anilines is 1. The summed E-state index contributed by atoms with van der Waals surface area (Å²) in [6, 6.07) is 8.10. The van der Waals surface area contributed by atoms with Gasteiger partial charge in [0.2, 0.25) is 10.0 Å². The number of thiazole rings is 1. The zero-order valence-corrected chi connectivity index (χ0v) is 19.5. The molecule has 154 valence electrons. The molecule has 1 fully saturated rings. The van der Waals surface area contributed by atoms with Crippen LogP contribution in [0.1, 0.15) is 21.7 Å². The van der Waals surface area contributed by atoms with Gasteiger partial charge in [-0.15, -0.1) is 22.7 Å². The van der Waals surface area contributed by atoms with Crippen LogP contribution in [0.3, 0.4) is 0 Å². The molecule has 0 bridgehead atoms. The van der Waals surface area contributed by atoms with Crippen LogP contribution in [0, 0.1) is 27.7 Å². The van der Waals surface area contributed by atoms with E-state index in [-0.39, 0.29) is 0 Å². The van der Waals surface area contributed by atoms with Crippen molar-refractivity contribution in [3.63, 3.8) is 0 Å². The third-order valence-corrected chi connectivity index (χ3v) is 9.81. The van der Waals surface area contributed by atoms with Crippen LogP contribution in [0.2, 0.25) is 0 Å². The zero-order valence-electron chi connectivity index (χ0n) is 17.1. The Morgan fingerprint density at radius 2 is 1.76 bits per heavy atom. The van der Waals surface area contributed by atoms with E-state index < -0.39 is 10.0 Å². The molecule has 1 aromatic carbocycles. The maximum absolute atomic E-state index is 13.3. The van der Waals surface area contributed by atoms with E-state index >= 15 is 0 Å². The minimum Gasteiger partial charge on any atom is -0.369 e. The second-order valence-electron chi connectivity index (χ2n) is 7.44. The lowest BCUT2D eigenvalue weighted by molar-refractivity contribution is 0.384. The predicted molar refractivity (Wildman–Crippen MR) is 122 cm³/mol. The third kappa shape index (κ3) is 3.86. The topological polar surface area (TPSA) is 53.5 Å². The summed E-state index contributed by atoms with van der Waals surface area (Å²) in [5.74, 6) is 0. The Hall–Kier alpha value is -1.74. The van der Waals surface area contributed by atoms with E-state index in [2.05, 4.69) is 41.9 Å². The monoisotopic (exact) mass is 447 g/mol. The number of rotatable bonds is 4. The average molecular weight is 448 g/mol. The maximum atomic E-state index is 13.3. The van der Waals surface area contributed by atoms with Gasteiger partial charge in [-0.1, -0.05) is 12.1 Å². The first-order valence-corrected chi connectivity index (χ1v) is 12.8. The summed E-state index contributed by atoms with van der Waals surface area (Å²) in [7, 11) is -3.50. The molecule has 4 rings (SSSR count). The summed E-state index contributed by atoms with van der Waals surface area (Å²) in [5, 5.41) is 2.88. The van der Waals surface area contributed by atoms with Crippen molar-refractivity contribution in [3.05, 3.63) is 51.3 Å². The lowest BCUT2D eigenvalue weighted by Crippen LogP contribution is -2.48. The van der Waals surface area contributed by atoms with Crippen molar-refractivity contribution >= 4 is 38.4 Å².